The van der Waals surface area contributed by atoms with Crippen molar-refractivity contribution in [3.63, 3.8) is 0 Å². The van der Waals surface area contributed by atoms with Crippen molar-refractivity contribution in [2.75, 3.05) is 5.75 Å². The largest absolute Gasteiger partial charge is 0.486 e. The van der Waals surface area contributed by atoms with Crippen LogP contribution in [0, 0.1) is 0 Å². The molecule has 2 amide bonds. The molecular weight excluding hydrogens is 490 g/mol. The van der Waals surface area contributed by atoms with Gasteiger partial charge in [-0.25, -0.2) is 8.42 Å². The van der Waals surface area contributed by atoms with Crippen LogP contribution in [0.2, 0.25) is 0 Å². The molecule has 0 fully saturated rings. The minimum Gasteiger partial charge on any atom is -0.486 e. The van der Waals surface area contributed by atoms with E-state index in [1.807, 2.05) is 33.8 Å². The average molecular weight is 526 g/mol. The lowest BCUT2D eigenvalue weighted by molar-refractivity contribution is -0.122. The van der Waals surface area contributed by atoms with Crippen LogP contribution in [0.25, 0.3) is 0 Å². The first-order valence-corrected chi connectivity index (χ1v) is 14.1. The van der Waals surface area contributed by atoms with Crippen LogP contribution < -0.4 is 15.8 Å². The predicted octanol–water partition coefficient (Wildman–Crippen LogP) is 3.36. The van der Waals surface area contributed by atoms with E-state index in [0.717, 1.165) is 22.3 Å². The number of nitrogens with zero attached hydrogens (tertiary/aromatic N) is 1. The highest BCUT2D eigenvalue weighted by atomic mass is 32.2. The van der Waals surface area contributed by atoms with Gasteiger partial charge in [-0.1, -0.05) is 19.1 Å². The van der Waals surface area contributed by atoms with Crippen molar-refractivity contribution in [3.05, 3.63) is 58.1 Å². The van der Waals surface area contributed by atoms with E-state index >= 15 is 0 Å². The number of rotatable bonds is 6. The van der Waals surface area contributed by atoms with Crippen LogP contribution >= 0.6 is 0 Å². The van der Waals surface area contributed by atoms with Crippen LogP contribution in [-0.2, 0) is 27.5 Å². The molecule has 0 radical (unpaired) electrons. The molecule has 4 rings (SSSR count). The Morgan fingerprint density at radius 1 is 1.14 bits per heavy atom. The summed E-state index contributed by atoms with van der Waals surface area (Å²) >= 11 is 0. The standard InChI is InChI=1S/C28H35N3O5S/c1-8-37(34,35)20-13-18-14-26(2,3)30-22(21(18)19-15-27(4,5)36-23(19)20)16-10-9-11-17(12-16)24(32)31-28(6,7)25(29)33/h9-13H,8,14-15H2,1-7H3,(H2,29,33)(H,31,32). The average Bonchev–Trinajstić information content (AvgIpc) is 3.11. The van der Waals surface area contributed by atoms with Crippen LogP contribution in [0.3, 0.4) is 0 Å². The van der Waals surface area contributed by atoms with E-state index in [4.69, 9.17) is 15.5 Å². The lowest BCUT2D eigenvalue weighted by Crippen LogP contribution is -2.53. The van der Waals surface area contributed by atoms with Crippen molar-refractivity contribution in [1.82, 2.24) is 5.32 Å². The minimum atomic E-state index is -3.52. The van der Waals surface area contributed by atoms with Gasteiger partial charge in [0.2, 0.25) is 5.91 Å². The van der Waals surface area contributed by atoms with Gasteiger partial charge in [0.15, 0.2) is 9.84 Å². The molecule has 198 valence electrons. The minimum absolute atomic E-state index is 0.0227. The molecule has 8 nitrogen and oxygen atoms in total. The van der Waals surface area contributed by atoms with Crippen molar-refractivity contribution >= 4 is 27.4 Å². The molecule has 37 heavy (non-hydrogen) atoms. The third kappa shape index (κ3) is 5.01. The highest BCUT2D eigenvalue weighted by Gasteiger charge is 2.41. The second-order valence-electron chi connectivity index (χ2n) is 11.6. The number of ether oxygens (including phenoxy) is 1. The van der Waals surface area contributed by atoms with Gasteiger partial charge in [0, 0.05) is 28.7 Å². The molecule has 3 N–H and O–H groups in total. The summed E-state index contributed by atoms with van der Waals surface area (Å²) in [5.74, 6) is -0.693. The first-order valence-electron chi connectivity index (χ1n) is 12.4. The Hall–Kier alpha value is -3.20. The van der Waals surface area contributed by atoms with Gasteiger partial charge in [0.25, 0.3) is 5.91 Å². The van der Waals surface area contributed by atoms with E-state index in [9.17, 15) is 18.0 Å². The van der Waals surface area contributed by atoms with Crippen molar-refractivity contribution in [3.8, 4) is 5.75 Å². The second-order valence-corrected chi connectivity index (χ2v) is 13.9. The molecule has 2 aromatic rings. The third-order valence-corrected chi connectivity index (χ3v) is 8.57. The summed E-state index contributed by atoms with van der Waals surface area (Å²) in [6.07, 6.45) is 1.10. The fourth-order valence-corrected chi connectivity index (χ4v) is 5.97. The molecule has 0 atom stereocenters. The van der Waals surface area contributed by atoms with Gasteiger partial charge in [-0.15, -0.1) is 0 Å². The molecule has 2 aromatic carbocycles. The number of hydrogen-bond donors (Lipinski definition) is 2. The quantitative estimate of drug-likeness (QED) is 0.598. The number of nitrogens with one attached hydrogen (secondary N) is 1. The van der Waals surface area contributed by atoms with Gasteiger partial charge in [-0.2, -0.15) is 0 Å². The highest BCUT2D eigenvalue weighted by molar-refractivity contribution is 7.91. The van der Waals surface area contributed by atoms with Crippen molar-refractivity contribution in [2.24, 2.45) is 10.7 Å². The number of fused-ring (bicyclic) bond motifs is 3. The zero-order chi connectivity index (χ0) is 27.6. The normalized spacial score (nSPS) is 17.8. The Morgan fingerprint density at radius 2 is 1.81 bits per heavy atom. The van der Waals surface area contributed by atoms with Gasteiger partial charge in [0.05, 0.1) is 17.0 Å². The summed E-state index contributed by atoms with van der Waals surface area (Å²) in [5, 5.41) is 2.68. The molecule has 2 aliphatic heterocycles. The van der Waals surface area contributed by atoms with Crippen LogP contribution in [-0.4, -0.2) is 48.4 Å². The van der Waals surface area contributed by atoms with Gasteiger partial charge < -0.3 is 15.8 Å². The topological polar surface area (TPSA) is 128 Å². The maximum absolute atomic E-state index is 13.1. The SMILES string of the molecule is CCS(=O)(=O)c1cc2c(c3c1OC(C)(C)C3)C(c1cccc(C(=O)NC(C)(C)C(N)=O)c1)=NC(C)(C)C2. The summed E-state index contributed by atoms with van der Waals surface area (Å²) in [5.41, 5.74) is 7.50. The van der Waals surface area contributed by atoms with E-state index in [1.54, 1.807) is 45.0 Å². The van der Waals surface area contributed by atoms with Gasteiger partial charge in [-0.05, 0) is 71.7 Å². The molecule has 2 heterocycles. The zero-order valence-electron chi connectivity index (χ0n) is 22.5. The van der Waals surface area contributed by atoms with E-state index < -0.39 is 38.3 Å². The van der Waals surface area contributed by atoms with Crippen LogP contribution in [0.5, 0.6) is 5.75 Å². The zero-order valence-corrected chi connectivity index (χ0v) is 23.3. The van der Waals surface area contributed by atoms with E-state index in [1.165, 1.54) is 0 Å². The summed E-state index contributed by atoms with van der Waals surface area (Å²) in [4.78, 5) is 30.0. The lowest BCUT2D eigenvalue weighted by atomic mass is 9.81. The first-order chi connectivity index (χ1) is 17.0. The predicted molar refractivity (Wildman–Crippen MR) is 143 cm³/mol. The summed E-state index contributed by atoms with van der Waals surface area (Å²) in [7, 11) is -3.52. The Bertz CT molecular complexity index is 1450. The Morgan fingerprint density at radius 3 is 2.43 bits per heavy atom. The van der Waals surface area contributed by atoms with E-state index in [2.05, 4.69) is 5.32 Å². The summed E-state index contributed by atoms with van der Waals surface area (Å²) in [6.45, 7) is 12.6. The molecule has 2 aliphatic rings. The third-order valence-electron chi connectivity index (χ3n) is 6.84. The smallest absolute Gasteiger partial charge is 0.252 e. The Labute approximate surface area is 218 Å². The first kappa shape index (κ1) is 26.9. The van der Waals surface area contributed by atoms with Crippen molar-refractivity contribution in [1.29, 1.82) is 0 Å². The number of amides is 2. The fraction of sp³-hybridized carbons (Fsp3) is 0.464. The lowest BCUT2D eigenvalue weighted by Gasteiger charge is -2.31. The molecule has 0 bridgehead atoms. The number of nitrogens with two attached hydrogens (primary N) is 1. The molecule has 0 aromatic heterocycles. The number of aliphatic imine (C=N–C) groups is 1. The molecule has 0 saturated carbocycles. The number of carbonyl (C=O) groups is 2. The molecule has 0 aliphatic carbocycles. The van der Waals surface area contributed by atoms with E-state index in [0.29, 0.717) is 29.9 Å². The second kappa shape index (κ2) is 8.68. The Kier molecular flexibility index (Phi) is 6.30. The fourth-order valence-electron chi connectivity index (χ4n) is 4.89. The van der Waals surface area contributed by atoms with Crippen molar-refractivity contribution in [2.45, 2.75) is 82.9 Å². The number of hydrogen-bond acceptors (Lipinski definition) is 6. The van der Waals surface area contributed by atoms with Crippen LogP contribution in [0.15, 0.2) is 40.2 Å². The number of sulfone groups is 1. The number of primary amides is 1. The molecule has 0 saturated heterocycles. The maximum Gasteiger partial charge on any atom is 0.252 e. The van der Waals surface area contributed by atoms with Crippen molar-refractivity contribution < 1.29 is 22.7 Å². The molecule has 9 heteroatoms. The van der Waals surface area contributed by atoms with Gasteiger partial charge in [-0.3, -0.25) is 14.6 Å². The number of carbonyl (C=O) groups excluding carboxylic acids is 2. The maximum atomic E-state index is 13.1. The molecule has 0 spiro atoms. The highest BCUT2D eigenvalue weighted by Crippen LogP contribution is 2.46. The monoisotopic (exact) mass is 525 g/mol. The molecular formula is C28H35N3O5S. The van der Waals surface area contributed by atoms with Crippen LogP contribution in [0.1, 0.15) is 81.1 Å². The number of benzene rings is 2. The summed E-state index contributed by atoms with van der Waals surface area (Å²) in [6, 6.07) is 8.79. The van der Waals surface area contributed by atoms with Gasteiger partial charge in [0.1, 0.15) is 21.8 Å². The van der Waals surface area contributed by atoms with E-state index in [-0.39, 0.29) is 10.6 Å². The Balaban J connectivity index is 1.90. The van der Waals surface area contributed by atoms with Crippen LogP contribution in [0.4, 0.5) is 0 Å². The summed E-state index contributed by atoms with van der Waals surface area (Å²) < 4.78 is 32.3. The van der Waals surface area contributed by atoms with Gasteiger partial charge >= 0.3 is 0 Å². The molecule has 0 unspecified atom stereocenters.